The van der Waals surface area contributed by atoms with Gasteiger partial charge in [0.2, 0.25) is 0 Å². The minimum atomic E-state index is 0.0907. The van der Waals surface area contributed by atoms with Crippen LogP contribution in [0.5, 0.6) is 0 Å². The molecular formula is C16H15BrN2O. The van der Waals surface area contributed by atoms with Gasteiger partial charge in [-0.2, -0.15) is 0 Å². The van der Waals surface area contributed by atoms with Crippen LogP contribution < -0.4 is 9.80 Å². The maximum Gasteiger partial charge on any atom is 0.251 e. The number of aryl methyl sites for hydroxylation is 1. The van der Waals surface area contributed by atoms with Crippen molar-refractivity contribution in [1.29, 1.82) is 0 Å². The monoisotopic (exact) mass is 330 g/mol. The van der Waals surface area contributed by atoms with Crippen LogP contribution in [0.1, 0.15) is 5.56 Å². The molecular weight excluding hydrogens is 316 g/mol. The first-order valence-corrected chi connectivity index (χ1v) is 7.26. The van der Waals surface area contributed by atoms with Gasteiger partial charge >= 0.3 is 0 Å². The number of nitrogens with zero attached hydrogens (tertiary/aromatic N) is 2. The minimum Gasteiger partial charge on any atom is -0.364 e. The van der Waals surface area contributed by atoms with Gasteiger partial charge in [0.05, 0.1) is 17.9 Å². The lowest BCUT2D eigenvalue weighted by Crippen LogP contribution is -2.41. The predicted molar refractivity (Wildman–Crippen MR) is 85.7 cm³/mol. The van der Waals surface area contributed by atoms with Crippen LogP contribution in [0.25, 0.3) is 0 Å². The van der Waals surface area contributed by atoms with E-state index in [4.69, 9.17) is 0 Å². The molecule has 2 aromatic rings. The number of benzene rings is 2. The van der Waals surface area contributed by atoms with Gasteiger partial charge in [0.1, 0.15) is 0 Å². The molecule has 0 unspecified atom stereocenters. The Hall–Kier alpha value is -1.81. The molecule has 0 N–H and O–H groups in total. The van der Waals surface area contributed by atoms with Crippen LogP contribution >= 0.6 is 15.9 Å². The Balaban J connectivity index is 2.17. The molecule has 0 bridgehead atoms. The molecule has 4 heteroatoms. The highest BCUT2D eigenvalue weighted by Crippen LogP contribution is 2.39. The fraction of sp³-hybridized carbons (Fsp3) is 0.188. The van der Waals surface area contributed by atoms with Crippen LogP contribution in [0.4, 0.5) is 17.1 Å². The Kier molecular flexibility index (Phi) is 3.26. The summed E-state index contributed by atoms with van der Waals surface area (Å²) >= 11 is 3.49. The molecule has 0 saturated heterocycles. The number of hydrogen-bond acceptors (Lipinski definition) is 2. The highest BCUT2D eigenvalue weighted by molar-refractivity contribution is 9.10. The van der Waals surface area contributed by atoms with E-state index < -0.39 is 0 Å². The molecule has 3 nitrogen and oxygen atoms in total. The van der Waals surface area contributed by atoms with E-state index in [0.29, 0.717) is 6.54 Å². The molecule has 0 saturated carbocycles. The number of halogens is 1. The van der Waals surface area contributed by atoms with Gasteiger partial charge in [-0.15, -0.1) is 0 Å². The van der Waals surface area contributed by atoms with E-state index in [2.05, 4.69) is 15.9 Å². The standard InChI is InChI=1S/C16H15BrN2O/c1-11-4-3-5-13(8-11)19-14-7-6-12(17)9-15(14)18(2)10-16(19)20/h3-9H,10H2,1-2H3. The number of likely N-dealkylation sites (N-methyl/N-ethyl adjacent to an activating group) is 1. The molecule has 1 heterocycles. The molecule has 1 amide bonds. The predicted octanol–water partition coefficient (Wildman–Crippen LogP) is 3.87. The molecule has 1 aliphatic rings. The Labute approximate surface area is 126 Å². The molecule has 0 aliphatic carbocycles. The summed E-state index contributed by atoms with van der Waals surface area (Å²) in [5.74, 6) is 0.0907. The maximum absolute atomic E-state index is 12.4. The first-order valence-electron chi connectivity index (χ1n) is 6.46. The molecule has 20 heavy (non-hydrogen) atoms. The van der Waals surface area contributed by atoms with Crippen LogP contribution in [-0.2, 0) is 4.79 Å². The largest absolute Gasteiger partial charge is 0.364 e. The number of carbonyl (C=O) groups excluding carboxylic acids is 1. The van der Waals surface area contributed by atoms with E-state index >= 15 is 0 Å². The minimum absolute atomic E-state index is 0.0907. The highest BCUT2D eigenvalue weighted by Gasteiger charge is 2.28. The summed E-state index contributed by atoms with van der Waals surface area (Å²) in [6.45, 7) is 2.42. The molecule has 0 spiro atoms. The summed E-state index contributed by atoms with van der Waals surface area (Å²) in [6.07, 6.45) is 0. The first kappa shape index (κ1) is 13.2. The third-order valence-electron chi connectivity index (χ3n) is 3.47. The number of rotatable bonds is 1. The van der Waals surface area contributed by atoms with E-state index in [1.165, 1.54) is 0 Å². The third-order valence-corrected chi connectivity index (χ3v) is 3.96. The van der Waals surface area contributed by atoms with Gasteiger partial charge in [0, 0.05) is 17.2 Å². The highest BCUT2D eigenvalue weighted by atomic mass is 79.9. The fourth-order valence-corrected chi connectivity index (χ4v) is 2.88. The molecule has 102 valence electrons. The Bertz CT molecular complexity index is 684. The van der Waals surface area contributed by atoms with Gasteiger partial charge in [-0.25, -0.2) is 0 Å². The van der Waals surface area contributed by atoms with Gasteiger partial charge in [-0.3, -0.25) is 9.69 Å². The Morgan fingerprint density at radius 1 is 1.10 bits per heavy atom. The molecule has 3 rings (SSSR count). The molecule has 0 radical (unpaired) electrons. The summed E-state index contributed by atoms with van der Waals surface area (Å²) in [5, 5.41) is 0. The van der Waals surface area contributed by atoms with Crippen LogP contribution in [0.15, 0.2) is 46.9 Å². The number of hydrogen-bond donors (Lipinski definition) is 0. The first-order chi connectivity index (χ1) is 9.56. The van der Waals surface area contributed by atoms with Crippen molar-refractivity contribution in [2.75, 3.05) is 23.4 Å². The molecule has 0 fully saturated rings. The summed E-state index contributed by atoms with van der Waals surface area (Å²) < 4.78 is 1.02. The van der Waals surface area contributed by atoms with E-state index in [0.717, 1.165) is 27.1 Å². The lowest BCUT2D eigenvalue weighted by Gasteiger charge is -2.35. The molecule has 2 aromatic carbocycles. The molecule has 1 aliphatic heterocycles. The van der Waals surface area contributed by atoms with Crippen LogP contribution in [0, 0.1) is 6.92 Å². The van der Waals surface area contributed by atoms with Gasteiger partial charge in [0.15, 0.2) is 0 Å². The number of carbonyl (C=O) groups is 1. The summed E-state index contributed by atoms with van der Waals surface area (Å²) in [4.78, 5) is 16.2. The van der Waals surface area contributed by atoms with Crippen LogP contribution in [0.3, 0.4) is 0 Å². The van der Waals surface area contributed by atoms with Crippen molar-refractivity contribution >= 4 is 38.9 Å². The van der Waals surface area contributed by atoms with Crippen LogP contribution in [-0.4, -0.2) is 19.5 Å². The second kappa shape index (κ2) is 4.94. The number of anilines is 3. The smallest absolute Gasteiger partial charge is 0.251 e. The van der Waals surface area contributed by atoms with Gasteiger partial charge in [-0.05, 0) is 42.8 Å². The topological polar surface area (TPSA) is 23.6 Å². The molecule has 0 aromatic heterocycles. The van der Waals surface area contributed by atoms with Crippen molar-refractivity contribution < 1.29 is 4.79 Å². The Morgan fingerprint density at radius 2 is 1.90 bits per heavy atom. The van der Waals surface area contributed by atoms with Crippen molar-refractivity contribution in [1.82, 2.24) is 0 Å². The normalized spacial score (nSPS) is 14.4. The Morgan fingerprint density at radius 3 is 2.65 bits per heavy atom. The average Bonchev–Trinajstić information content (AvgIpc) is 2.40. The van der Waals surface area contributed by atoms with Crippen molar-refractivity contribution in [3.05, 3.63) is 52.5 Å². The van der Waals surface area contributed by atoms with Gasteiger partial charge in [-0.1, -0.05) is 28.1 Å². The zero-order valence-corrected chi connectivity index (χ0v) is 13.0. The zero-order valence-electron chi connectivity index (χ0n) is 11.4. The number of amides is 1. The van der Waals surface area contributed by atoms with E-state index in [9.17, 15) is 4.79 Å². The summed E-state index contributed by atoms with van der Waals surface area (Å²) in [5.41, 5.74) is 4.05. The van der Waals surface area contributed by atoms with Crippen LogP contribution in [0.2, 0.25) is 0 Å². The maximum atomic E-state index is 12.4. The fourth-order valence-electron chi connectivity index (χ4n) is 2.53. The summed E-state index contributed by atoms with van der Waals surface area (Å²) in [7, 11) is 1.94. The molecule has 0 atom stereocenters. The summed E-state index contributed by atoms with van der Waals surface area (Å²) in [6, 6.07) is 14.0. The zero-order chi connectivity index (χ0) is 14.3. The number of fused-ring (bicyclic) bond motifs is 1. The van der Waals surface area contributed by atoms with Crippen molar-refractivity contribution in [3.63, 3.8) is 0 Å². The lowest BCUT2D eigenvalue weighted by atomic mass is 10.1. The van der Waals surface area contributed by atoms with Crippen molar-refractivity contribution in [3.8, 4) is 0 Å². The van der Waals surface area contributed by atoms with Crippen molar-refractivity contribution in [2.45, 2.75) is 6.92 Å². The third kappa shape index (κ3) is 2.20. The second-order valence-corrected chi connectivity index (χ2v) is 5.97. The van der Waals surface area contributed by atoms with Gasteiger partial charge in [0.25, 0.3) is 5.91 Å². The van der Waals surface area contributed by atoms with E-state index in [1.54, 1.807) is 4.90 Å². The van der Waals surface area contributed by atoms with Gasteiger partial charge < -0.3 is 4.90 Å². The lowest BCUT2D eigenvalue weighted by molar-refractivity contribution is -0.116. The average molecular weight is 331 g/mol. The second-order valence-electron chi connectivity index (χ2n) is 5.06. The van der Waals surface area contributed by atoms with Crippen molar-refractivity contribution in [2.24, 2.45) is 0 Å². The quantitative estimate of drug-likeness (QED) is 0.792. The van der Waals surface area contributed by atoms with E-state index in [-0.39, 0.29) is 5.91 Å². The van der Waals surface area contributed by atoms with E-state index in [1.807, 2.05) is 61.3 Å². The SMILES string of the molecule is Cc1cccc(N2C(=O)CN(C)c3cc(Br)ccc32)c1.